The standard InChI is InChI=1S/C16H13BrN4O2/c1-23-14-9-11(5-6-12(14)17)19-16(22)13-3-2-4-15(20-13)21-8-7-18-10-21/h2-10H,1H3,(H,19,22). The van der Waals surface area contributed by atoms with E-state index in [1.807, 2.05) is 6.07 Å². The number of nitrogens with zero attached hydrogens (tertiary/aromatic N) is 3. The van der Waals surface area contributed by atoms with Gasteiger partial charge in [-0.3, -0.25) is 9.36 Å². The monoisotopic (exact) mass is 372 g/mol. The van der Waals surface area contributed by atoms with Crippen molar-refractivity contribution in [3.63, 3.8) is 0 Å². The number of methoxy groups -OCH3 is 1. The van der Waals surface area contributed by atoms with E-state index in [4.69, 9.17) is 4.74 Å². The van der Waals surface area contributed by atoms with Gasteiger partial charge in [0.15, 0.2) is 0 Å². The summed E-state index contributed by atoms with van der Waals surface area (Å²) in [5, 5.41) is 2.81. The third-order valence-electron chi connectivity index (χ3n) is 3.14. The van der Waals surface area contributed by atoms with Crippen LogP contribution < -0.4 is 10.1 Å². The van der Waals surface area contributed by atoms with E-state index in [9.17, 15) is 4.79 Å². The Bertz CT molecular complexity index is 834. The Morgan fingerprint density at radius 3 is 2.91 bits per heavy atom. The number of anilines is 1. The second kappa shape index (κ2) is 6.62. The Kier molecular flexibility index (Phi) is 4.38. The second-order valence-electron chi connectivity index (χ2n) is 4.65. The maximum Gasteiger partial charge on any atom is 0.274 e. The van der Waals surface area contributed by atoms with Crippen molar-refractivity contribution in [2.24, 2.45) is 0 Å². The lowest BCUT2D eigenvalue weighted by Gasteiger charge is -2.09. The minimum Gasteiger partial charge on any atom is -0.495 e. The molecule has 3 aromatic rings. The van der Waals surface area contributed by atoms with Gasteiger partial charge in [-0.05, 0) is 40.2 Å². The lowest BCUT2D eigenvalue weighted by Crippen LogP contribution is -2.14. The van der Waals surface area contributed by atoms with E-state index < -0.39 is 0 Å². The lowest BCUT2D eigenvalue weighted by atomic mass is 10.2. The third kappa shape index (κ3) is 3.40. The molecule has 6 nitrogen and oxygen atoms in total. The van der Waals surface area contributed by atoms with Gasteiger partial charge in [0.05, 0.1) is 11.6 Å². The molecule has 0 aliphatic rings. The molecule has 0 saturated carbocycles. The van der Waals surface area contributed by atoms with Crippen LogP contribution in [0.25, 0.3) is 5.82 Å². The highest BCUT2D eigenvalue weighted by Gasteiger charge is 2.10. The van der Waals surface area contributed by atoms with Gasteiger partial charge < -0.3 is 10.1 Å². The Morgan fingerprint density at radius 1 is 1.30 bits per heavy atom. The van der Waals surface area contributed by atoms with Crippen molar-refractivity contribution in [2.75, 3.05) is 12.4 Å². The third-order valence-corrected chi connectivity index (χ3v) is 3.80. The van der Waals surface area contributed by atoms with Gasteiger partial charge in [0.2, 0.25) is 0 Å². The van der Waals surface area contributed by atoms with Crippen LogP contribution >= 0.6 is 15.9 Å². The summed E-state index contributed by atoms with van der Waals surface area (Å²) in [4.78, 5) is 20.7. The van der Waals surface area contributed by atoms with Gasteiger partial charge in [0.25, 0.3) is 5.91 Å². The van der Waals surface area contributed by atoms with Crippen molar-refractivity contribution in [3.8, 4) is 11.6 Å². The van der Waals surface area contributed by atoms with E-state index in [1.54, 1.807) is 60.7 Å². The fourth-order valence-electron chi connectivity index (χ4n) is 2.02. The second-order valence-corrected chi connectivity index (χ2v) is 5.51. The van der Waals surface area contributed by atoms with Gasteiger partial charge in [-0.1, -0.05) is 6.07 Å². The Balaban J connectivity index is 1.82. The molecule has 0 atom stereocenters. The van der Waals surface area contributed by atoms with E-state index in [0.717, 1.165) is 4.47 Å². The van der Waals surface area contributed by atoms with Gasteiger partial charge in [-0.25, -0.2) is 9.97 Å². The van der Waals surface area contributed by atoms with Crippen LogP contribution in [-0.4, -0.2) is 27.6 Å². The normalized spacial score (nSPS) is 10.3. The summed E-state index contributed by atoms with van der Waals surface area (Å²) >= 11 is 3.37. The molecule has 1 aromatic carbocycles. The summed E-state index contributed by atoms with van der Waals surface area (Å²) in [6, 6.07) is 10.6. The minimum absolute atomic E-state index is 0.295. The number of carbonyl (C=O) groups is 1. The molecule has 23 heavy (non-hydrogen) atoms. The maximum atomic E-state index is 12.4. The Morgan fingerprint density at radius 2 is 2.17 bits per heavy atom. The van der Waals surface area contributed by atoms with Gasteiger partial charge in [0.1, 0.15) is 23.6 Å². The molecule has 116 valence electrons. The van der Waals surface area contributed by atoms with Crippen LogP contribution in [0.2, 0.25) is 0 Å². The summed E-state index contributed by atoms with van der Waals surface area (Å²) < 4.78 is 7.77. The molecule has 2 heterocycles. The minimum atomic E-state index is -0.295. The van der Waals surface area contributed by atoms with Crippen molar-refractivity contribution in [3.05, 3.63) is 65.3 Å². The zero-order valence-corrected chi connectivity index (χ0v) is 13.8. The van der Waals surface area contributed by atoms with Crippen LogP contribution in [0.1, 0.15) is 10.5 Å². The van der Waals surface area contributed by atoms with Gasteiger partial charge in [-0.15, -0.1) is 0 Å². The number of halogens is 1. The SMILES string of the molecule is COc1cc(NC(=O)c2cccc(-n3ccnc3)n2)ccc1Br. The quantitative estimate of drug-likeness (QED) is 0.762. The average Bonchev–Trinajstić information content (AvgIpc) is 3.11. The maximum absolute atomic E-state index is 12.4. The van der Waals surface area contributed by atoms with E-state index >= 15 is 0 Å². The molecule has 0 fully saturated rings. The molecule has 0 aliphatic heterocycles. The molecule has 1 N–H and O–H groups in total. The number of nitrogens with one attached hydrogen (secondary N) is 1. The summed E-state index contributed by atoms with van der Waals surface area (Å²) in [5.41, 5.74) is 0.947. The van der Waals surface area contributed by atoms with E-state index in [-0.39, 0.29) is 5.91 Å². The molecule has 0 unspecified atom stereocenters. The van der Waals surface area contributed by atoms with Crippen molar-refractivity contribution < 1.29 is 9.53 Å². The lowest BCUT2D eigenvalue weighted by molar-refractivity contribution is 0.102. The molecule has 7 heteroatoms. The van der Waals surface area contributed by atoms with Crippen molar-refractivity contribution >= 4 is 27.5 Å². The van der Waals surface area contributed by atoms with Crippen molar-refractivity contribution in [1.82, 2.24) is 14.5 Å². The number of rotatable bonds is 4. The number of pyridine rings is 1. The van der Waals surface area contributed by atoms with Gasteiger partial charge >= 0.3 is 0 Å². The first-order chi connectivity index (χ1) is 11.2. The molecule has 0 radical (unpaired) electrons. The average molecular weight is 373 g/mol. The van der Waals surface area contributed by atoms with Crippen molar-refractivity contribution in [2.45, 2.75) is 0 Å². The highest BCUT2D eigenvalue weighted by molar-refractivity contribution is 9.10. The van der Waals surface area contributed by atoms with E-state index in [0.29, 0.717) is 22.9 Å². The van der Waals surface area contributed by atoms with Crippen LogP contribution in [0.15, 0.2) is 59.6 Å². The van der Waals surface area contributed by atoms with Crippen LogP contribution in [0.5, 0.6) is 5.75 Å². The number of ether oxygens (including phenoxy) is 1. The highest BCUT2D eigenvalue weighted by Crippen LogP contribution is 2.28. The summed E-state index contributed by atoms with van der Waals surface area (Å²) in [6.07, 6.45) is 5.05. The largest absolute Gasteiger partial charge is 0.495 e. The van der Waals surface area contributed by atoms with Crippen LogP contribution in [0.3, 0.4) is 0 Å². The smallest absolute Gasteiger partial charge is 0.274 e. The molecule has 1 amide bonds. The molecular weight excluding hydrogens is 360 g/mol. The number of hydrogen-bond donors (Lipinski definition) is 1. The molecule has 0 saturated heterocycles. The zero-order valence-electron chi connectivity index (χ0n) is 12.2. The fourth-order valence-corrected chi connectivity index (χ4v) is 2.43. The number of amides is 1. The van der Waals surface area contributed by atoms with Gasteiger partial charge in [0, 0.05) is 24.1 Å². The zero-order chi connectivity index (χ0) is 16.2. The molecule has 0 spiro atoms. The van der Waals surface area contributed by atoms with Crippen LogP contribution in [0.4, 0.5) is 5.69 Å². The number of imidazole rings is 1. The predicted molar refractivity (Wildman–Crippen MR) is 90.0 cm³/mol. The molecule has 2 aromatic heterocycles. The first kappa shape index (κ1) is 15.2. The van der Waals surface area contributed by atoms with E-state index in [2.05, 4.69) is 31.2 Å². The number of benzene rings is 1. The number of carbonyl (C=O) groups excluding carboxylic acids is 1. The number of aromatic nitrogens is 3. The predicted octanol–water partition coefficient (Wildman–Crippen LogP) is 3.29. The molecule has 0 bridgehead atoms. The van der Waals surface area contributed by atoms with Crippen LogP contribution in [0, 0.1) is 0 Å². The summed E-state index contributed by atoms with van der Waals surface area (Å²) in [7, 11) is 1.57. The topological polar surface area (TPSA) is 69.0 Å². The Labute approximate surface area is 141 Å². The first-order valence-electron chi connectivity index (χ1n) is 6.77. The Hall–Kier alpha value is -2.67. The van der Waals surface area contributed by atoms with Crippen LogP contribution in [-0.2, 0) is 0 Å². The number of hydrogen-bond acceptors (Lipinski definition) is 4. The van der Waals surface area contributed by atoms with Gasteiger partial charge in [-0.2, -0.15) is 0 Å². The fraction of sp³-hybridized carbons (Fsp3) is 0.0625. The molecular formula is C16H13BrN4O2. The molecule has 3 rings (SSSR count). The summed E-state index contributed by atoms with van der Waals surface area (Å²) in [6.45, 7) is 0. The molecule has 0 aliphatic carbocycles. The summed E-state index contributed by atoms with van der Waals surface area (Å²) in [5.74, 6) is 0.975. The first-order valence-corrected chi connectivity index (χ1v) is 7.57. The van der Waals surface area contributed by atoms with Crippen molar-refractivity contribution in [1.29, 1.82) is 0 Å². The highest BCUT2D eigenvalue weighted by atomic mass is 79.9. The van der Waals surface area contributed by atoms with E-state index in [1.165, 1.54) is 0 Å².